The predicted octanol–water partition coefficient (Wildman–Crippen LogP) is 3.11. The van der Waals surface area contributed by atoms with Gasteiger partial charge < -0.3 is 4.90 Å². The van der Waals surface area contributed by atoms with Crippen molar-refractivity contribution in [2.75, 3.05) is 13.1 Å². The molecule has 0 aliphatic heterocycles. The predicted molar refractivity (Wildman–Crippen MR) is 61.2 cm³/mol. The second-order valence-electron chi connectivity index (χ2n) is 4.08. The molecule has 0 spiro atoms. The average Bonchev–Trinajstić information content (AvgIpc) is 2.37. The van der Waals surface area contributed by atoms with E-state index in [9.17, 15) is 47.9 Å². The SMILES string of the molecule is CCN(/C=N/S(=O)(=O)C(F)(F)C(F)(F)C(F)(F)C(F)(F)F)CC. The van der Waals surface area contributed by atoms with Crippen molar-refractivity contribution in [1.82, 2.24) is 4.90 Å². The lowest BCUT2D eigenvalue weighted by Gasteiger charge is -2.32. The molecular formula is C9H11F9N2O2S. The molecule has 4 nitrogen and oxygen atoms in total. The Kier molecular flexibility index (Phi) is 6.02. The van der Waals surface area contributed by atoms with Crippen LogP contribution in [0, 0.1) is 0 Å². The third-order valence-electron chi connectivity index (χ3n) is 2.60. The molecule has 0 atom stereocenters. The summed E-state index contributed by atoms with van der Waals surface area (Å²) in [6.45, 7) is 2.73. The van der Waals surface area contributed by atoms with Crippen molar-refractivity contribution in [2.24, 2.45) is 4.40 Å². The molecule has 0 aromatic carbocycles. The molecule has 0 fully saturated rings. The van der Waals surface area contributed by atoms with Gasteiger partial charge in [-0.1, -0.05) is 0 Å². The Morgan fingerprint density at radius 1 is 0.870 bits per heavy atom. The molecule has 0 aliphatic rings. The summed E-state index contributed by atoms with van der Waals surface area (Å²) in [5.74, 6) is -14.6. The quantitative estimate of drug-likeness (QED) is 0.386. The number of hydrogen-bond acceptors (Lipinski definition) is 2. The van der Waals surface area contributed by atoms with Crippen LogP contribution in [0.1, 0.15) is 13.8 Å². The third kappa shape index (κ3) is 3.66. The fraction of sp³-hybridized carbons (Fsp3) is 0.889. The van der Waals surface area contributed by atoms with Gasteiger partial charge in [-0.15, -0.1) is 4.40 Å². The van der Waals surface area contributed by atoms with E-state index in [2.05, 4.69) is 4.40 Å². The van der Waals surface area contributed by atoms with Gasteiger partial charge in [0.05, 0.1) is 0 Å². The van der Waals surface area contributed by atoms with Crippen molar-refractivity contribution < 1.29 is 47.9 Å². The highest BCUT2D eigenvalue weighted by molar-refractivity contribution is 7.91. The smallest absolute Gasteiger partial charge is 0.362 e. The van der Waals surface area contributed by atoms with Crippen molar-refractivity contribution in [3.8, 4) is 0 Å². The minimum absolute atomic E-state index is 0.0177. The van der Waals surface area contributed by atoms with E-state index in [-0.39, 0.29) is 19.4 Å². The molecule has 138 valence electrons. The van der Waals surface area contributed by atoms with E-state index in [0.29, 0.717) is 0 Å². The highest BCUT2D eigenvalue weighted by Crippen LogP contribution is 2.54. The molecule has 0 aliphatic carbocycles. The Labute approximate surface area is 125 Å². The van der Waals surface area contributed by atoms with Crippen LogP contribution in [0.15, 0.2) is 4.40 Å². The molecule has 0 aromatic heterocycles. The fourth-order valence-electron chi connectivity index (χ4n) is 1.10. The lowest BCUT2D eigenvalue weighted by Crippen LogP contribution is -2.62. The molecule has 0 N–H and O–H groups in total. The van der Waals surface area contributed by atoms with Crippen molar-refractivity contribution in [2.45, 2.75) is 37.1 Å². The van der Waals surface area contributed by atoms with Crippen LogP contribution in [0.25, 0.3) is 0 Å². The van der Waals surface area contributed by atoms with Gasteiger partial charge in [0.15, 0.2) is 0 Å². The Morgan fingerprint density at radius 2 is 1.26 bits per heavy atom. The second-order valence-corrected chi connectivity index (χ2v) is 5.75. The van der Waals surface area contributed by atoms with Gasteiger partial charge in [-0.3, -0.25) is 0 Å². The molecule has 0 heterocycles. The Morgan fingerprint density at radius 3 is 1.57 bits per heavy atom. The fourth-order valence-corrected chi connectivity index (χ4v) is 1.95. The number of halogens is 9. The summed E-state index contributed by atoms with van der Waals surface area (Å²) in [5.41, 5.74) is 0. The first-order chi connectivity index (χ1) is 9.99. The lowest BCUT2D eigenvalue weighted by atomic mass is 10.1. The Hall–Kier alpha value is -1.21. The molecule has 0 bridgehead atoms. The maximum Gasteiger partial charge on any atom is 0.460 e. The van der Waals surface area contributed by atoms with Crippen LogP contribution in [0.3, 0.4) is 0 Å². The molecule has 23 heavy (non-hydrogen) atoms. The van der Waals surface area contributed by atoms with Gasteiger partial charge in [-0.2, -0.15) is 47.9 Å². The second kappa shape index (κ2) is 6.36. The van der Waals surface area contributed by atoms with E-state index in [4.69, 9.17) is 0 Å². The van der Waals surface area contributed by atoms with Gasteiger partial charge in [-0.25, -0.2) is 0 Å². The van der Waals surface area contributed by atoms with E-state index in [1.165, 1.54) is 13.8 Å². The first-order valence-electron chi connectivity index (χ1n) is 5.73. The van der Waals surface area contributed by atoms with E-state index >= 15 is 0 Å². The normalized spacial score (nSPS) is 15.3. The van der Waals surface area contributed by atoms with Gasteiger partial charge in [0.2, 0.25) is 0 Å². The first kappa shape index (κ1) is 21.8. The summed E-state index contributed by atoms with van der Waals surface area (Å²) in [6.07, 6.45) is -6.97. The maximum atomic E-state index is 13.2. The highest BCUT2D eigenvalue weighted by atomic mass is 32.2. The molecule has 0 radical (unpaired) electrons. The number of nitrogens with zero attached hydrogens (tertiary/aromatic N) is 2. The van der Waals surface area contributed by atoms with Crippen molar-refractivity contribution in [1.29, 1.82) is 0 Å². The lowest BCUT2D eigenvalue weighted by molar-refractivity contribution is -0.382. The summed E-state index contributed by atoms with van der Waals surface area (Å²) in [5, 5.41) is -6.79. The van der Waals surface area contributed by atoms with Crippen LogP contribution in [-0.2, 0) is 10.0 Å². The molecule has 0 saturated heterocycles. The van der Waals surface area contributed by atoms with Crippen molar-refractivity contribution in [3.05, 3.63) is 0 Å². The standard InChI is InChI=1S/C9H11F9N2O2S/c1-3-20(4-2)5-19-23(21,22)9(17,18)7(12,13)6(10,11)8(14,15)16/h5H,3-4H2,1-2H3/b19-5+. The van der Waals surface area contributed by atoms with Crippen LogP contribution < -0.4 is 0 Å². The largest absolute Gasteiger partial charge is 0.460 e. The minimum atomic E-state index is -7.29. The van der Waals surface area contributed by atoms with Crippen molar-refractivity contribution >= 4 is 16.4 Å². The summed E-state index contributed by atoms with van der Waals surface area (Å²) in [7, 11) is -6.71. The molecular weight excluding hydrogens is 371 g/mol. The molecule has 0 rings (SSSR count). The average molecular weight is 382 g/mol. The molecule has 0 unspecified atom stereocenters. The summed E-state index contributed by atoms with van der Waals surface area (Å²) >= 11 is 0. The monoisotopic (exact) mass is 382 g/mol. The van der Waals surface area contributed by atoms with Crippen LogP contribution in [0.5, 0.6) is 0 Å². The molecule has 0 saturated carbocycles. The molecule has 0 amide bonds. The first-order valence-corrected chi connectivity index (χ1v) is 7.17. The van der Waals surface area contributed by atoms with Gasteiger partial charge in [-0.05, 0) is 13.8 Å². The van der Waals surface area contributed by atoms with Crippen LogP contribution in [-0.4, -0.2) is 56.0 Å². The van der Waals surface area contributed by atoms with Gasteiger partial charge >= 0.3 is 33.3 Å². The van der Waals surface area contributed by atoms with Gasteiger partial charge in [0.25, 0.3) is 0 Å². The zero-order valence-electron chi connectivity index (χ0n) is 11.5. The van der Waals surface area contributed by atoms with Gasteiger partial charge in [0, 0.05) is 13.1 Å². The van der Waals surface area contributed by atoms with E-state index in [1.54, 1.807) is 0 Å². The zero-order chi connectivity index (χ0) is 18.9. The summed E-state index contributed by atoms with van der Waals surface area (Å²) in [6, 6.07) is 0. The minimum Gasteiger partial charge on any atom is -0.362 e. The third-order valence-corrected chi connectivity index (χ3v) is 3.88. The van der Waals surface area contributed by atoms with Crippen LogP contribution in [0.2, 0.25) is 0 Å². The van der Waals surface area contributed by atoms with E-state index in [1.807, 2.05) is 0 Å². The molecule has 14 heteroatoms. The topological polar surface area (TPSA) is 49.7 Å². The van der Waals surface area contributed by atoms with Gasteiger partial charge in [0.1, 0.15) is 6.34 Å². The number of sulfonamides is 1. The zero-order valence-corrected chi connectivity index (χ0v) is 12.3. The summed E-state index contributed by atoms with van der Waals surface area (Å²) < 4.78 is 137. The Balaban J connectivity index is 5.96. The number of rotatable bonds is 7. The van der Waals surface area contributed by atoms with E-state index in [0.717, 1.165) is 4.90 Å². The highest BCUT2D eigenvalue weighted by Gasteiger charge is 2.85. The summed E-state index contributed by atoms with van der Waals surface area (Å²) in [4.78, 5) is 0.897. The Bertz CT molecular complexity index is 538. The molecule has 0 aromatic rings. The van der Waals surface area contributed by atoms with Crippen LogP contribution in [0.4, 0.5) is 39.5 Å². The maximum absolute atomic E-state index is 13.2. The van der Waals surface area contributed by atoms with Crippen LogP contribution >= 0.6 is 0 Å². The number of hydrogen-bond donors (Lipinski definition) is 0. The van der Waals surface area contributed by atoms with E-state index < -0.39 is 33.3 Å². The number of alkyl halides is 9. The van der Waals surface area contributed by atoms with Crippen molar-refractivity contribution in [3.63, 3.8) is 0 Å².